The van der Waals surface area contributed by atoms with Crippen molar-refractivity contribution >= 4 is 33.3 Å². The molecule has 7 nitrogen and oxygen atoms in total. The zero-order chi connectivity index (χ0) is 25.8. The minimum Gasteiger partial charge on any atom is -0.452 e. The molecule has 0 amide bonds. The standard InChI is InChI=1S/C29H18FN5O2S/c1-17-22-9-5-6-10-23(22)37-26(17)27-31-29-35(33-27)28(36)24(38-29)15-19-16-34(21-7-3-2-4-8-21)32-25(19)18-11-13-20(30)14-12-18/h2-16H,1H3/b24-15-. The van der Waals surface area contributed by atoms with Crippen molar-refractivity contribution in [2.75, 3.05) is 0 Å². The van der Waals surface area contributed by atoms with Crippen LogP contribution in [0.25, 0.3) is 50.5 Å². The Balaban J connectivity index is 1.36. The second-order valence-corrected chi connectivity index (χ2v) is 9.83. The second-order valence-electron chi connectivity index (χ2n) is 8.82. The molecule has 0 saturated heterocycles. The van der Waals surface area contributed by atoms with Crippen LogP contribution in [0.5, 0.6) is 0 Å². The van der Waals surface area contributed by atoms with E-state index >= 15 is 0 Å². The van der Waals surface area contributed by atoms with Crippen LogP contribution in [0.2, 0.25) is 0 Å². The number of nitrogens with zero attached hydrogens (tertiary/aromatic N) is 5. The van der Waals surface area contributed by atoms with E-state index in [0.717, 1.165) is 33.3 Å². The normalized spacial score (nSPS) is 12.2. The van der Waals surface area contributed by atoms with Crippen LogP contribution in [-0.4, -0.2) is 24.4 Å². The van der Waals surface area contributed by atoms with Crippen LogP contribution in [0.3, 0.4) is 0 Å². The number of rotatable bonds is 4. The Morgan fingerprint density at radius 2 is 1.71 bits per heavy atom. The van der Waals surface area contributed by atoms with Gasteiger partial charge in [-0.05, 0) is 55.5 Å². The highest BCUT2D eigenvalue weighted by Crippen LogP contribution is 2.31. The van der Waals surface area contributed by atoms with Gasteiger partial charge in [0.2, 0.25) is 10.8 Å². The smallest absolute Gasteiger partial charge is 0.291 e. The molecule has 7 aromatic rings. The predicted octanol–water partition coefficient (Wildman–Crippen LogP) is 5.41. The molecule has 0 aliphatic rings. The number of benzene rings is 3. The van der Waals surface area contributed by atoms with Gasteiger partial charge in [0.1, 0.15) is 17.1 Å². The average molecular weight is 520 g/mol. The molecule has 0 radical (unpaired) electrons. The Morgan fingerprint density at radius 1 is 0.947 bits per heavy atom. The van der Waals surface area contributed by atoms with Gasteiger partial charge >= 0.3 is 0 Å². The number of hydrogen-bond donors (Lipinski definition) is 0. The Labute approximate surface area is 218 Å². The molecular formula is C29H18FN5O2S. The topological polar surface area (TPSA) is 78.2 Å². The summed E-state index contributed by atoms with van der Waals surface area (Å²) >= 11 is 1.24. The molecule has 38 heavy (non-hydrogen) atoms. The first-order chi connectivity index (χ1) is 18.5. The van der Waals surface area contributed by atoms with E-state index in [1.54, 1.807) is 22.9 Å². The minimum atomic E-state index is -0.329. The molecule has 0 aliphatic carbocycles. The van der Waals surface area contributed by atoms with E-state index in [9.17, 15) is 9.18 Å². The van der Waals surface area contributed by atoms with Crippen molar-refractivity contribution in [3.05, 3.63) is 117 Å². The van der Waals surface area contributed by atoms with Gasteiger partial charge in [-0.2, -0.15) is 14.6 Å². The maximum absolute atomic E-state index is 13.6. The van der Waals surface area contributed by atoms with Gasteiger partial charge in [-0.3, -0.25) is 4.79 Å². The van der Waals surface area contributed by atoms with Gasteiger partial charge in [-0.15, -0.1) is 5.10 Å². The Hall–Kier alpha value is -4.89. The monoisotopic (exact) mass is 519 g/mol. The molecule has 7 rings (SSSR count). The lowest BCUT2D eigenvalue weighted by Crippen LogP contribution is -2.23. The molecule has 0 N–H and O–H groups in total. The van der Waals surface area contributed by atoms with Gasteiger partial charge in [-0.1, -0.05) is 47.7 Å². The average Bonchev–Trinajstić information content (AvgIpc) is 3.69. The number of para-hydroxylation sites is 2. The third kappa shape index (κ3) is 3.63. The summed E-state index contributed by atoms with van der Waals surface area (Å²) in [6.07, 6.45) is 3.63. The lowest BCUT2D eigenvalue weighted by molar-refractivity contribution is 0.622. The molecule has 4 aromatic heterocycles. The van der Waals surface area contributed by atoms with Gasteiger partial charge in [0.05, 0.1) is 10.2 Å². The van der Waals surface area contributed by atoms with Crippen LogP contribution in [-0.2, 0) is 0 Å². The molecule has 0 aliphatic heterocycles. The van der Waals surface area contributed by atoms with E-state index in [4.69, 9.17) is 9.52 Å². The zero-order valence-electron chi connectivity index (χ0n) is 20.0. The molecule has 0 saturated carbocycles. The molecule has 0 unspecified atom stereocenters. The quantitative estimate of drug-likeness (QED) is 0.311. The van der Waals surface area contributed by atoms with Crippen LogP contribution in [0, 0.1) is 12.7 Å². The van der Waals surface area contributed by atoms with E-state index < -0.39 is 0 Å². The Bertz CT molecular complexity index is 2070. The van der Waals surface area contributed by atoms with Crippen LogP contribution in [0.4, 0.5) is 4.39 Å². The van der Waals surface area contributed by atoms with Crippen LogP contribution < -0.4 is 10.1 Å². The first-order valence-electron chi connectivity index (χ1n) is 11.9. The second kappa shape index (κ2) is 8.60. The lowest BCUT2D eigenvalue weighted by atomic mass is 10.1. The fourth-order valence-corrected chi connectivity index (χ4v) is 5.40. The van der Waals surface area contributed by atoms with Crippen molar-refractivity contribution in [3.63, 3.8) is 0 Å². The van der Waals surface area contributed by atoms with E-state index in [0.29, 0.717) is 26.8 Å². The Kier molecular flexibility index (Phi) is 5.05. The van der Waals surface area contributed by atoms with Gasteiger partial charge < -0.3 is 4.42 Å². The molecule has 3 aromatic carbocycles. The summed E-state index contributed by atoms with van der Waals surface area (Å²) in [6, 6.07) is 23.5. The summed E-state index contributed by atoms with van der Waals surface area (Å²) in [5.74, 6) is 0.594. The summed E-state index contributed by atoms with van der Waals surface area (Å²) < 4.78 is 23.1. The zero-order valence-corrected chi connectivity index (χ0v) is 20.8. The third-order valence-corrected chi connectivity index (χ3v) is 7.36. The molecule has 0 atom stereocenters. The first kappa shape index (κ1) is 22.3. The van der Waals surface area contributed by atoms with E-state index in [1.165, 1.54) is 28.0 Å². The number of fused-ring (bicyclic) bond motifs is 2. The highest BCUT2D eigenvalue weighted by atomic mass is 32.1. The van der Waals surface area contributed by atoms with E-state index in [-0.39, 0.29) is 11.4 Å². The summed E-state index contributed by atoms with van der Waals surface area (Å²) in [6.45, 7) is 1.95. The van der Waals surface area contributed by atoms with Gasteiger partial charge in [0, 0.05) is 28.3 Å². The molecule has 184 valence electrons. The molecule has 9 heteroatoms. The van der Waals surface area contributed by atoms with Crippen LogP contribution >= 0.6 is 11.3 Å². The van der Waals surface area contributed by atoms with Crippen molar-refractivity contribution in [1.82, 2.24) is 24.4 Å². The summed E-state index contributed by atoms with van der Waals surface area (Å²) in [5.41, 5.74) is 4.35. The molecule has 0 bridgehead atoms. The predicted molar refractivity (Wildman–Crippen MR) is 145 cm³/mol. The largest absolute Gasteiger partial charge is 0.452 e. The highest BCUT2D eigenvalue weighted by molar-refractivity contribution is 7.15. The van der Waals surface area contributed by atoms with Crippen molar-refractivity contribution in [2.45, 2.75) is 6.92 Å². The molecule has 0 spiro atoms. The van der Waals surface area contributed by atoms with Gasteiger partial charge in [0.15, 0.2) is 5.76 Å². The van der Waals surface area contributed by atoms with Gasteiger partial charge in [0.25, 0.3) is 5.56 Å². The first-order valence-corrected chi connectivity index (χ1v) is 12.7. The van der Waals surface area contributed by atoms with E-state index in [1.807, 2.05) is 67.7 Å². The Morgan fingerprint density at radius 3 is 2.47 bits per heavy atom. The number of hydrogen-bond acceptors (Lipinski definition) is 6. The molecular weight excluding hydrogens is 501 g/mol. The lowest BCUT2D eigenvalue weighted by Gasteiger charge is -2.00. The molecule has 4 heterocycles. The number of aryl methyl sites for hydroxylation is 1. The maximum atomic E-state index is 13.6. The van der Waals surface area contributed by atoms with Crippen LogP contribution in [0.1, 0.15) is 11.1 Å². The molecule has 0 fully saturated rings. The highest BCUT2D eigenvalue weighted by Gasteiger charge is 2.19. The van der Waals surface area contributed by atoms with Crippen LogP contribution in [0.15, 0.2) is 94.3 Å². The minimum absolute atomic E-state index is 0.282. The number of halogens is 1. The number of aromatic nitrogens is 5. The fraction of sp³-hybridized carbons (Fsp3) is 0.0345. The van der Waals surface area contributed by atoms with Gasteiger partial charge in [-0.25, -0.2) is 9.07 Å². The summed E-state index contributed by atoms with van der Waals surface area (Å²) in [7, 11) is 0. The maximum Gasteiger partial charge on any atom is 0.291 e. The number of thiazole rings is 1. The van der Waals surface area contributed by atoms with E-state index in [2.05, 4.69) is 10.1 Å². The van der Waals surface area contributed by atoms with Crippen molar-refractivity contribution in [2.24, 2.45) is 0 Å². The number of furan rings is 1. The van der Waals surface area contributed by atoms with Crippen molar-refractivity contribution in [3.8, 4) is 28.5 Å². The van der Waals surface area contributed by atoms with Crippen molar-refractivity contribution in [1.29, 1.82) is 0 Å². The third-order valence-electron chi connectivity index (χ3n) is 6.40. The summed E-state index contributed by atoms with van der Waals surface area (Å²) in [4.78, 5) is 18.4. The van der Waals surface area contributed by atoms with Crippen molar-refractivity contribution < 1.29 is 8.81 Å². The summed E-state index contributed by atoms with van der Waals surface area (Å²) in [5, 5.41) is 10.2. The fourth-order valence-electron chi connectivity index (χ4n) is 4.50. The SMILES string of the molecule is Cc1c(-c2nc3s/c(=C\c4cn(-c5ccccc5)nc4-c4ccc(F)cc4)c(=O)n3n2)oc2ccccc12.